The smallest absolute Gasteiger partial charge is 0.123 e. The molecule has 0 atom stereocenters. The summed E-state index contributed by atoms with van der Waals surface area (Å²) in [4.78, 5) is 0. The Morgan fingerprint density at radius 3 is 2.83 bits per heavy atom. The van der Waals surface area contributed by atoms with E-state index in [2.05, 4.69) is 53.0 Å². The van der Waals surface area contributed by atoms with Crippen molar-refractivity contribution in [1.82, 2.24) is 5.32 Å². The lowest BCUT2D eigenvalue weighted by molar-refractivity contribution is 0.322. The first-order valence-electron chi connectivity index (χ1n) is 6.17. The first-order chi connectivity index (χ1) is 8.63. The van der Waals surface area contributed by atoms with Gasteiger partial charge in [0.25, 0.3) is 0 Å². The van der Waals surface area contributed by atoms with Gasteiger partial charge in [-0.2, -0.15) is 0 Å². The predicted molar refractivity (Wildman–Crippen MR) is 79.7 cm³/mol. The maximum atomic E-state index is 5.76. The Morgan fingerprint density at radius 1 is 1.39 bits per heavy atom. The molecule has 0 aliphatic heterocycles. The van der Waals surface area contributed by atoms with Crippen LogP contribution in [0.3, 0.4) is 0 Å². The average molecular weight is 310 g/mol. The van der Waals surface area contributed by atoms with Crippen molar-refractivity contribution in [2.24, 2.45) is 0 Å². The number of nitrogens with one attached hydrogen (secondary N) is 1. The van der Waals surface area contributed by atoms with Gasteiger partial charge in [-0.25, -0.2) is 0 Å². The van der Waals surface area contributed by atoms with Crippen LogP contribution in [-0.4, -0.2) is 12.6 Å². The van der Waals surface area contributed by atoms with Crippen molar-refractivity contribution in [3.05, 3.63) is 28.2 Å². The van der Waals surface area contributed by atoms with Crippen molar-refractivity contribution in [2.75, 3.05) is 6.61 Å². The molecule has 0 unspecified atom stereocenters. The topological polar surface area (TPSA) is 21.3 Å². The molecule has 18 heavy (non-hydrogen) atoms. The molecule has 1 aromatic carbocycles. The first kappa shape index (κ1) is 15.1. The van der Waals surface area contributed by atoms with Crippen molar-refractivity contribution >= 4 is 15.9 Å². The SMILES string of the molecule is CC#CCCOc1ccc(Br)cc1CNC(C)C. The molecule has 0 aliphatic carbocycles. The fourth-order valence-corrected chi connectivity index (χ4v) is 1.89. The molecule has 1 rings (SSSR count). The number of rotatable bonds is 6. The summed E-state index contributed by atoms with van der Waals surface area (Å²) >= 11 is 3.49. The van der Waals surface area contributed by atoms with Crippen molar-refractivity contribution in [2.45, 2.75) is 39.8 Å². The molecule has 0 heterocycles. The van der Waals surface area contributed by atoms with Crippen LogP contribution in [0.1, 0.15) is 32.8 Å². The summed E-state index contributed by atoms with van der Waals surface area (Å²) in [5.41, 5.74) is 1.17. The van der Waals surface area contributed by atoms with Gasteiger partial charge in [-0.05, 0) is 25.1 Å². The van der Waals surface area contributed by atoms with E-state index in [4.69, 9.17) is 4.74 Å². The van der Waals surface area contributed by atoms with E-state index in [0.29, 0.717) is 12.6 Å². The number of ether oxygens (including phenoxy) is 1. The van der Waals surface area contributed by atoms with Gasteiger partial charge in [-0.1, -0.05) is 29.8 Å². The Balaban J connectivity index is 2.65. The van der Waals surface area contributed by atoms with Gasteiger partial charge < -0.3 is 10.1 Å². The number of benzene rings is 1. The summed E-state index contributed by atoms with van der Waals surface area (Å²) in [5.74, 6) is 6.80. The van der Waals surface area contributed by atoms with E-state index in [1.54, 1.807) is 0 Å². The third kappa shape index (κ3) is 5.57. The van der Waals surface area contributed by atoms with Crippen molar-refractivity contribution in [3.63, 3.8) is 0 Å². The van der Waals surface area contributed by atoms with E-state index in [0.717, 1.165) is 23.2 Å². The quantitative estimate of drug-likeness (QED) is 0.638. The Labute approximate surface area is 118 Å². The molecule has 0 amide bonds. The molecule has 2 nitrogen and oxygen atoms in total. The van der Waals surface area contributed by atoms with Gasteiger partial charge in [-0.15, -0.1) is 11.8 Å². The van der Waals surface area contributed by atoms with Crippen LogP contribution >= 0.6 is 15.9 Å². The molecule has 0 saturated heterocycles. The Kier molecular flexibility index (Phi) is 6.85. The zero-order chi connectivity index (χ0) is 13.4. The lowest BCUT2D eigenvalue weighted by Crippen LogP contribution is -2.22. The zero-order valence-corrected chi connectivity index (χ0v) is 12.8. The Hall–Kier alpha value is -0.980. The highest BCUT2D eigenvalue weighted by atomic mass is 79.9. The van der Waals surface area contributed by atoms with Crippen LogP contribution < -0.4 is 10.1 Å². The minimum absolute atomic E-state index is 0.461. The summed E-state index contributed by atoms with van der Waals surface area (Å²) in [6.45, 7) is 7.56. The second-order valence-corrected chi connectivity index (χ2v) is 5.23. The van der Waals surface area contributed by atoms with Gasteiger partial charge in [0.15, 0.2) is 0 Å². The Morgan fingerprint density at radius 2 is 2.17 bits per heavy atom. The third-order valence-corrected chi connectivity index (χ3v) is 2.88. The van der Waals surface area contributed by atoms with Crippen molar-refractivity contribution < 1.29 is 4.74 Å². The van der Waals surface area contributed by atoms with E-state index in [1.165, 1.54) is 5.56 Å². The lowest BCUT2D eigenvalue weighted by Gasteiger charge is -2.13. The molecule has 0 fully saturated rings. The normalized spacial score (nSPS) is 10.1. The van der Waals surface area contributed by atoms with E-state index in [1.807, 2.05) is 19.1 Å². The zero-order valence-electron chi connectivity index (χ0n) is 11.2. The fourth-order valence-electron chi connectivity index (χ4n) is 1.48. The molecule has 0 saturated carbocycles. The second kappa shape index (κ2) is 8.18. The van der Waals surface area contributed by atoms with Crippen molar-refractivity contribution in [1.29, 1.82) is 0 Å². The molecule has 1 aromatic rings. The summed E-state index contributed by atoms with van der Waals surface area (Å²) in [5, 5.41) is 3.40. The van der Waals surface area contributed by atoms with E-state index in [-0.39, 0.29) is 0 Å². The van der Waals surface area contributed by atoms with Crippen LogP contribution in [0.15, 0.2) is 22.7 Å². The van der Waals surface area contributed by atoms with E-state index >= 15 is 0 Å². The maximum Gasteiger partial charge on any atom is 0.123 e. The van der Waals surface area contributed by atoms with Gasteiger partial charge in [-0.3, -0.25) is 0 Å². The van der Waals surface area contributed by atoms with Gasteiger partial charge in [0.1, 0.15) is 5.75 Å². The summed E-state index contributed by atoms with van der Waals surface area (Å²) in [6.07, 6.45) is 0.767. The Bertz CT molecular complexity index is 432. The summed E-state index contributed by atoms with van der Waals surface area (Å²) in [7, 11) is 0. The van der Waals surface area contributed by atoms with Crippen LogP contribution in [0.2, 0.25) is 0 Å². The molecular weight excluding hydrogens is 290 g/mol. The number of hydrogen-bond donors (Lipinski definition) is 1. The minimum Gasteiger partial charge on any atom is -0.492 e. The molecule has 0 bridgehead atoms. The highest BCUT2D eigenvalue weighted by Gasteiger charge is 2.05. The number of hydrogen-bond acceptors (Lipinski definition) is 2. The van der Waals surface area contributed by atoms with Gasteiger partial charge in [0, 0.05) is 29.0 Å². The first-order valence-corrected chi connectivity index (χ1v) is 6.97. The van der Waals surface area contributed by atoms with E-state index in [9.17, 15) is 0 Å². The maximum absolute atomic E-state index is 5.76. The van der Waals surface area contributed by atoms with Gasteiger partial charge >= 0.3 is 0 Å². The molecule has 1 N–H and O–H groups in total. The average Bonchev–Trinajstić information content (AvgIpc) is 2.34. The second-order valence-electron chi connectivity index (χ2n) is 4.31. The molecule has 0 radical (unpaired) electrons. The highest BCUT2D eigenvalue weighted by Crippen LogP contribution is 2.23. The molecule has 0 aromatic heterocycles. The van der Waals surface area contributed by atoms with Crippen LogP contribution in [0, 0.1) is 11.8 Å². The summed E-state index contributed by atoms with van der Waals surface area (Å²) in [6, 6.07) is 6.55. The van der Waals surface area contributed by atoms with Crippen LogP contribution in [0.25, 0.3) is 0 Å². The standard InChI is InChI=1S/C15H20BrNO/c1-4-5-6-9-18-15-8-7-14(16)10-13(15)11-17-12(2)3/h7-8,10,12,17H,6,9,11H2,1-3H3. The minimum atomic E-state index is 0.461. The molecular formula is C15H20BrNO. The van der Waals surface area contributed by atoms with Crippen LogP contribution in [0.4, 0.5) is 0 Å². The summed E-state index contributed by atoms with van der Waals surface area (Å²) < 4.78 is 6.84. The largest absolute Gasteiger partial charge is 0.492 e. The molecule has 98 valence electrons. The predicted octanol–water partition coefficient (Wildman–Crippen LogP) is 3.74. The third-order valence-electron chi connectivity index (χ3n) is 2.38. The monoisotopic (exact) mass is 309 g/mol. The van der Waals surface area contributed by atoms with Crippen LogP contribution in [0.5, 0.6) is 5.75 Å². The van der Waals surface area contributed by atoms with E-state index < -0.39 is 0 Å². The van der Waals surface area contributed by atoms with Gasteiger partial charge in [0.2, 0.25) is 0 Å². The molecule has 3 heteroatoms. The number of halogens is 1. The fraction of sp³-hybridized carbons (Fsp3) is 0.467. The van der Waals surface area contributed by atoms with Crippen molar-refractivity contribution in [3.8, 4) is 17.6 Å². The highest BCUT2D eigenvalue weighted by molar-refractivity contribution is 9.10. The van der Waals surface area contributed by atoms with Crippen LogP contribution in [-0.2, 0) is 6.54 Å². The van der Waals surface area contributed by atoms with Gasteiger partial charge in [0.05, 0.1) is 6.61 Å². The molecule has 0 spiro atoms. The lowest BCUT2D eigenvalue weighted by atomic mass is 10.2. The molecule has 0 aliphatic rings.